The van der Waals surface area contributed by atoms with Crippen molar-refractivity contribution in [3.63, 3.8) is 0 Å². The summed E-state index contributed by atoms with van der Waals surface area (Å²) in [4.78, 5) is 4.89. The molecule has 6 rings (SSSR count). The van der Waals surface area contributed by atoms with E-state index in [1.165, 1.54) is 0 Å². The van der Waals surface area contributed by atoms with Gasteiger partial charge in [0.1, 0.15) is 11.9 Å². The first-order valence-corrected chi connectivity index (χ1v) is 15.1. The van der Waals surface area contributed by atoms with Crippen molar-refractivity contribution >= 4 is 68.9 Å². The van der Waals surface area contributed by atoms with Crippen LogP contribution in [0, 0.1) is 18.3 Å². The van der Waals surface area contributed by atoms with Crippen LogP contribution in [0.2, 0.25) is 20.1 Å². The van der Waals surface area contributed by atoms with E-state index in [2.05, 4.69) is 23.6 Å². The lowest BCUT2D eigenvalue weighted by atomic mass is 9.98. The lowest BCUT2D eigenvalue weighted by molar-refractivity contribution is 0.311. The fourth-order valence-corrected chi connectivity index (χ4v) is 6.25. The van der Waals surface area contributed by atoms with Crippen molar-refractivity contribution in [2.45, 2.75) is 26.4 Å². The van der Waals surface area contributed by atoms with Crippen LogP contribution in [-0.4, -0.2) is 14.4 Å². The Bertz CT molecular complexity index is 1960. The Hall–Kier alpha value is -3.76. The maximum Gasteiger partial charge on any atom is 0.157 e. The molecule has 0 amide bonds. The maximum absolute atomic E-state index is 10.3. The number of fused-ring (bicyclic) bond motifs is 3. The zero-order chi connectivity index (χ0) is 30.1. The second-order valence-corrected chi connectivity index (χ2v) is 12.0. The molecule has 4 aromatic carbocycles. The molecule has 214 valence electrons. The van der Waals surface area contributed by atoms with Crippen LogP contribution in [0.4, 0.5) is 5.82 Å². The number of halogens is 4. The van der Waals surface area contributed by atoms with E-state index < -0.39 is 0 Å². The first-order chi connectivity index (χ1) is 20.8. The lowest BCUT2D eigenvalue weighted by Gasteiger charge is -2.28. The van der Waals surface area contributed by atoms with Crippen LogP contribution in [-0.2, 0) is 19.5 Å². The van der Waals surface area contributed by atoms with Gasteiger partial charge in [-0.1, -0.05) is 101 Å². The largest absolute Gasteiger partial charge is 0.303 e. The van der Waals surface area contributed by atoms with Crippen molar-refractivity contribution < 1.29 is 0 Å². The Morgan fingerprint density at radius 1 is 0.814 bits per heavy atom. The molecule has 0 aliphatic heterocycles. The number of para-hydroxylation sites is 2. The minimum absolute atomic E-state index is 0.424. The summed E-state index contributed by atoms with van der Waals surface area (Å²) >= 11 is 25.8. The third kappa shape index (κ3) is 6.03. The van der Waals surface area contributed by atoms with Gasteiger partial charge in [0.2, 0.25) is 0 Å². The van der Waals surface area contributed by atoms with Crippen molar-refractivity contribution in [2.75, 3.05) is 5.43 Å². The van der Waals surface area contributed by atoms with Crippen LogP contribution < -0.4 is 5.43 Å². The summed E-state index contributed by atoms with van der Waals surface area (Å²) in [6.07, 6.45) is 0.601. The quantitative estimate of drug-likeness (QED) is 0.168. The topological polar surface area (TPSA) is 56.4 Å². The number of benzene rings is 4. The summed E-state index contributed by atoms with van der Waals surface area (Å²) in [5.41, 5.74) is 11.3. The van der Waals surface area contributed by atoms with Gasteiger partial charge in [-0.3, -0.25) is 4.40 Å². The van der Waals surface area contributed by atoms with E-state index in [1.54, 1.807) is 12.1 Å². The van der Waals surface area contributed by atoms with Crippen molar-refractivity contribution in [1.29, 1.82) is 5.26 Å². The molecule has 6 aromatic rings. The Morgan fingerprint density at radius 2 is 1.42 bits per heavy atom. The van der Waals surface area contributed by atoms with Crippen LogP contribution in [0.15, 0.2) is 91.0 Å². The van der Waals surface area contributed by atoms with E-state index in [4.69, 9.17) is 51.4 Å². The number of hydrogen-bond acceptors (Lipinski definition) is 4. The summed E-state index contributed by atoms with van der Waals surface area (Å²) in [6, 6.07) is 31.5. The van der Waals surface area contributed by atoms with E-state index in [-0.39, 0.29) is 0 Å². The minimum atomic E-state index is 0.424. The first-order valence-electron chi connectivity index (χ1n) is 13.6. The Morgan fingerprint density at radius 3 is 2.02 bits per heavy atom. The molecule has 0 aliphatic carbocycles. The number of hydrogen-bond donors (Lipinski definition) is 1. The van der Waals surface area contributed by atoms with Crippen LogP contribution in [0.25, 0.3) is 16.7 Å². The highest BCUT2D eigenvalue weighted by Gasteiger charge is 2.23. The predicted molar refractivity (Wildman–Crippen MR) is 177 cm³/mol. The van der Waals surface area contributed by atoms with Crippen molar-refractivity contribution in [3.8, 4) is 6.07 Å². The fourth-order valence-electron chi connectivity index (χ4n) is 5.31. The molecular formula is C34H25Cl4N5. The number of aromatic nitrogens is 2. The van der Waals surface area contributed by atoms with E-state index in [0.717, 1.165) is 44.7 Å². The summed E-state index contributed by atoms with van der Waals surface area (Å²) in [7, 11) is 0. The third-order valence-corrected chi connectivity index (χ3v) is 8.65. The molecule has 0 spiro atoms. The summed E-state index contributed by atoms with van der Waals surface area (Å²) in [6.45, 7) is 2.83. The van der Waals surface area contributed by atoms with E-state index in [1.807, 2.05) is 83.1 Å². The molecule has 0 fully saturated rings. The average Bonchev–Trinajstić information content (AvgIpc) is 3.37. The highest BCUT2D eigenvalue weighted by atomic mass is 35.5. The number of nitrogens with one attached hydrogen (secondary N) is 1. The van der Waals surface area contributed by atoms with Crippen LogP contribution in [0.1, 0.15) is 33.4 Å². The maximum atomic E-state index is 10.3. The number of imidazole rings is 1. The Labute approximate surface area is 269 Å². The third-order valence-electron chi connectivity index (χ3n) is 7.47. The molecule has 0 bridgehead atoms. The molecule has 9 heteroatoms. The highest BCUT2D eigenvalue weighted by molar-refractivity contribution is 6.35. The zero-order valence-corrected chi connectivity index (χ0v) is 26.1. The van der Waals surface area contributed by atoms with E-state index >= 15 is 0 Å². The van der Waals surface area contributed by atoms with Crippen molar-refractivity contribution in [3.05, 3.63) is 144 Å². The number of pyridine rings is 1. The van der Waals surface area contributed by atoms with Crippen LogP contribution >= 0.6 is 46.4 Å². The molecule has 0 saturated carbocycles. The van der Waals surface area contributed by atoms with Crippen LogP contribution in [0.5, 0.6) is 0 Å². The molecule has 2 heterocycles. The van der Waals surface area contributed by atoms with Gasteiger partial charge >= 0.3 is 0 Å². The monoisotopic (exact) mass is 643 g/mol. The SMILES string of the molecule is Cc1c(Cc2ccccc2)c(NN(Cc2ccc(Cl)cc2Cl)Cc2ccc(Cl)cc2Cl)n2c(nc3ccccc32)c1C#N. The van der Waals surface area contributed by atoms with Crippen molar-refractivity contribution in [2.24, 2.45) is 0 Å². The smallest absolute Gasteiger partial charge is 0.157 e. The standard InChI is InChI=1S/C34H25Cl4N5/c1-21-27(15-22-7-3-2-4-8-22)34(43-32-10-6-5-9-31(32)40-33(43)28(21)18-39)41-42(19-23-11-13-25(35)16-29(23)37)20-24-12-14-26(36)17-30(24)38/h2-14,16-17,41H,15,19-20H2,1H3. The molecule has 0 atom stereocenters. The highest BCUT2D eigenvalue weighted by Crippen LogP contribution is 2.34. The number of hydrazine groups is 1. The van der Waals surface area contributed by atoms with Gasteiger partial charge in [-0.15, -0.1) is 0 Å². The molecule has 0 aliphatic rings. The van der Waals surface area contributed by atoms with Crippen LogP contribution in [0.3, 0.4) is 0 Å². The first kappa shape index (κ1) is 29.3. The summed E-state index contributed by atoms with van der Waals surface area (Å²) in [5.74, 6) is 0.805. The normalized spacial score (nSPS) is 11.4. The van der Waals surface area contributed by atoms with Gasteiger partial charge in [-0.05, 0) is 65.6 Å². The van der Waals surface area contributed by atoms with Gasteiger partial charge in [0.15, 0.2) is 5.65 Å². The second-order valence-electron chi connectivity index (χ2n) is 10.3. The van der Waals surface area contributed by atoms with Gasteiger partial charge in [-0.2, -0.15) is 5.26 Å². The molecule has 1 N–H and O–H groups in total. The molecule has 2 aromatic heterocycles. The average molecular weight is 645 g/mol. The van der Waals surface area contributed by atoms with Gasteiger partial charge in [-0.25, -0.2) is 9.99 Å². The van der Waals surface area contributed by atoms with Gasteiger partial charge < -0.3 is 5.43 Å². The molecule has 43 heavy (non-hydrogen) atoms. The number of anilines is 1. The summed E-state index contributed by atoms with van der Waals surface area (Å²) < 4.78 is 2.04. The minimum Gasteiger partial charge on any atom is -0.303 e. The molecule has 0 radical (unpaired) electrons. The Balaban J connectivity index is 1.56. The zero-order valence-electron chi connectivity index (χ0n) is 23.1. The molecule has 0 saturated heterocycles. The Kier molecular flexibility index (Phi) is 8.50. The molecule has 5 nitrogen and oxygen atoms in total. The van der Waals surface area contributed by atoms with Gasteiger partial charge in [0.25, 0.3) is 0 Å². The number of rotatable bonds is 8. The lowest BCUT2D eigenvalue weighted by Crippen LogP contribution is -2.31. The summed E-state index contributed by atoms with van der Waals surface area (Å²) in [5, 5.41) is 14.6. The van der Waals surface area contributed by atoms with E-state index in [9.17, 15) is 5.26 Å². The fraction of sp³-hybridized carbons (Fsp3) is 0.118. The van der Waals surface area contributed by atoms with Gasteiger partial charge in [0, 0.05) is 45.2 Å². The van der Waals surface area contributed by atoms with Gasteiger partial charge in [0.05, 0.1) is 16.6 Å². The number of nitrogens with zero attached hydrogens (tertiary/aromatic N) is 4. The van der Waals surface area contributed by atoms with Crippen molar-refractivity contribution in [1.82, 2.24) is 14.4 Å². The molecule has 0 unspecified atom stereocenters. The molecular weight excluding hydrogens is 620 g/mol. The second kappa shape index (κ2) is 12.5. The predicted octanol–water partition coefficient (Wildman–Crippen LogP) is 9.90. The van der Waals surface area contributed by atoms with E-state index in [0.29, 0.717) is 50.8 Å². The number of nitriles is 1.